The third kappa shape index (κ3) is 6.48. The summed E-state index contributed by atoms with van der Waals surface area (Å²) < 4.78 is 21.5. The van der Waals surface area contributed by atoms with Gasteiger partial charge in [0.2, 0.25) is 0 Å². The zero-order valence-electron chi connectivity index (χ0n) is 9.22. The van der Waals surface area contributed by atoms with Crippen LogP contribution < -0.4 is 0 Å². The van der Waals surface area contributed by atoms with Crippen molar-refractivity contribution in [2.45, 2.75) is 18.4 Å². The van der Waals surface area contributed by atoms with E-state index >= 15 is 0 Å². The summed E-state index contributed by atoms with van der Waals surface area (Å²) in [7, 11) is 1.13. The van der Waals surface area contributed by atoms with E-state index in [1.807, 2.05) is 0 Å². The summed E-state index contributed by atoms with van der Waals surface area (Å²) in [6, 6.07) is 0. The SMILES string of the molecule is CON=C[C@@H](F)[C@H](OC(=O)O)[C@H](O)COC(=O)O. The Bertz CT molecular complexity index is 309. The fourth-order valence-corrected chi connectivity index (χ4v) is 0.928. The molecule has 0 saturated heterocycles. The molecule has 0 aliphatic carbocycles. The molecule has 0 radical (unpaired) electrons. The van der Waals surface area contributed by atoms with Gasteiger partial charge in [-0.3, -0.25) is 0 Å². The van der Waals surface area contributed by atoms with Crippen LogP contribution in [0.5, 0.6) is 0 Å². The summed E-state index contributed by atoms with van der Waals surface area (Å²) in [6.07, 6.45) is -8.84. The van der Waals surface area contributed by atoms with E-state index in [-0.39, 0.29) is 0 Å². The van der Waals surface area contributed by atoms with E-state index in [9.17, 15) is 19.1 Å². The molecule has 0 saturated carbocycles. The van der Waals surface area contributed by atoms with Gasteiger partial charge in [0, 0.05) is 0 Å². The van der Waals surface area contributed by atoms with Gasteiger partial charge in [-0.1, -0.05) is 5.16 Å². The third-order valence-corrected chi connectivity index (χ3v) is 1.62. The van der Waals surface area contributed by atoms with Crippen LogP contribution in [0.4, 0.5) is 14.0 Å². The van der Waals surface area contributed by atoms with E-state index in [2.05, 4.69) is 19.5 Å². The van der Waals surface area contributed by atoms with E-state index in [1.54, 1.807) is 0 Å². The van der Waals surface area contributed by atoms with Crippen molar-refractivity contribution >= 4 is 18.5 Å². The molecule has 3 atom stereocenters. The van der Waals surface area contributed by atoms with Gasteiger partial charge in [-0.05, 0) is 0 Å². The number of aliphatic hydroxyl groups excluding tert-OH is 1. The van der Waals surface area contributed by atoms with Crippen LogP contribution in [0.15, 0.2) is 5.16 Å². The molecule has 0 fully saturated rings. The number of nitrogens with zero attached hydrogens (tertiary/aromatic N) is 1. The van der Waals surface area contributed by atoms with Crippen LogP contribution in [0, 0.1) is 0 Å². The van der Waals surface area contributed by atoms with Crippen molar-refractivity contribution < 1.29 is 43.6 Å². The molecule has 0 aromatic carbocycles. The topological polar surface area (TPSA) is 135 Å². The predicted molar refractivity (Wildman–Crippen MR) is 53.3 cm³/mol. The van der Waals surface area contributed by atoms with Gasteiger partial charge in [0.1, 0.15) is 19.8 Å². The van der Waals surface area contributed by atoms with Crippen LogP contribution in [0.25, 0.3) is 0 Å². The minimum absolute atomic E-state index is 0.553. The average molecular weight is 269 g/mol. The molecule has 0 aromatic rings. The first-order valence-corrected chi connectivity index (χ1v) is 4.52. The van der Waals surface area contributed by atoms with Gasteiger partial charge in [0.15, 0.2) is 12.3 Å². The molecule has 10 heteroatoms. The summed E-state index contributed by atoms with van der Waals surface area (Å²) in [5.74, 6) is 0. The van der Waals surface area contributed by atoms with Crippen LogP contribution >= 0.6 is 0 Å². The van der Waals surface area contributed by atoms with Crippen molar-refractivity contribution in [1.82, 2.24) is 0 Å². The third-order valence-electron chi connectivity index (χ3n) is 1.62. The van der Waals surface area contributed by atoms with Gasteiger partial charge in [-0.2, -0.15) is 0 Å². The number of aliphatic hydroxyl groups is 1. The first-order valence-electron chi connectivity index (χ1n) is 4.52. The molecule has 104 valence electrons. The Morgan fingerprint density at radius 1 is 1.39 bits per heavy atom. The van der Waals surface area contributed by atoms with Crippen molar-refractivity contribution in [3.05, 3.63) is 0 Å². The lowest BCUT2D eigenvalue weighted by Gasteiger charge is -2.21. The largest absolute Gasteiger partial charge is 0.506 e. The summed E-state index contributed by atoms with van der Waals surface area (Å²) in [5.41, 5.74) is 0. The quantitative estimate of drug-likeness (QED) is 0.336. The highest BCUT2D eigenvalue weighted by atomic mass is 19.1. The molecule has 0 amide bonds. The molecule has 3 N–H and O–H groups in total. The predicted octanol–water partition coefficient (Wildman–Crippen LogP) is 0.0754. The summed E-state index contributed by atoms with van der Waals surface area (Å²) in [4.78, 5) is 24.5. The molecule has 9 nitrogen and oxygen atoms in total. The minimum atomic E-state index is -2.13. The Morgan fingerprint density at radius 3 is 2.44 bits per heavy atom. The van der Waals surface area contributed by atoms with Crippen molar-refractivity contribution in [3.8, 4) is 0 Å². The summed E-state index contributed by atoms with van der Waals surface area (Å²) in [5, 5.41) is 28.9. The maximum Gasteiger partial charge on any atom is 0.506 e. The zero-order valence-corrected chi connectivity index (χ0v) is 9.22. The first kappa shape index (κ1) is 15.9. The van der Waals surface area contributed by atoms with E-state index in [4.69, 9.17) is 10.2 Å². The van der Waals surface area contributed by atoms with Crippen LogP contribution in [-0.4, -0.2) is 65.9 Å². The molecule has 0 aliphatic heterocycles. The van der Waals surface area contributed by atoms with E-state index in [0.29, 0.717) is 6.21 Å². The standard InChI is InChI=1S/C8H12FNO8/c1-16-10-2-4(9)6(18-8(14)15)5(11)3-17-7(12)13/h2,4-6,11H,3H2,1H3,(H,12,13)(H,14,15)/t4-,5-,6+/m1/s1. The number of hydrogen-bond acceptors (Lipinski definition) is 7. The molecule has 0 heterocycles. The maximum absolute atomic E-state index is 13.4. The van der Waals surface area contributed by atoms with Crippen LogP contribution in [0.1, 0.15) is 0 Å². The number of oxime groups is 1. The van der Waals surface area contributed by atoms with Gasteiger partial charge in [0.05, 0.1) is 6.21 Å². The maximum atomic E-state index is 13.4. The van der Waals surface area contributed by atoms with Crippen LogP contribution in [0.2, 0.25) is 0 Å². The number of rotatable bonds is 7. The lowest BCUT2D eigenvalue weighted by atomic mass is 10.1. The first-order chi connectivity index (χ1) is 8.38. The second kappa shape index (κ2) is 8.06. The molecule has 0 spiro atoms. The average Bonchev–Trinajstić information content (AvgIpc) is 2.29. The molecule has 0 rings (SSSR count). The summed E-state index contributed by atoms with van der Waals surface area (Å²) in [6.45, 7) is -0.853. The molecule has 0 aliphatic rings. The molecule has 0 bridgehead atoms. The monoisotopic (exact) mass is 269 g/mol. The second-order valence-corrected chi connectivity index (χ2v) is 2.87. The second-order valence-electron chi connectivity index (χ2n) is 2.87. The van der Waals surface area contributed by atoms with E-state index < -0.39 is 37.3 Å². The van der Waals surface area contributed by atoms with Gasteiger partial charge < -0.3 is 29.6 Å². The fourth-order valence-electron chi connectivity index (χ4n) is 0.928. The number of hydrogen-bond donors (Lipinski definition) is 3. The Kier molecular flexibility index (Phi) is 7.12. The fraction of sp³-hybridized carbons (Fsp3) is 0.625. The zero-order chi connectivity index (χ0) is 14.1. The molecular formula is C8H12FNO8. The molecular weight excluding hydrogens is 257 g/mol. The number of ether oxygens (including phenoxy) is 2. The molecule has 0 aromatic heterocycles. The number of alkyl halides is 1. The molecule has 18 heavy (non-hydrogen) atoms. The minimum Gasteiger partial charge on any atom is -0.450 e. The van der Waals surface area contributed by atoms with Crippen molar-refractivity contribution in [1.29, 1.82) is 0 Å². The van der Waals surface area contributed by atoms with Crippen molar-refractivity contribution in [2.75, 3.05) is 13.7 Å². The van der Waals surface area contributed by atoms with Crippen molar-refractivity contribution in [2.24, 2.45) is 5.16 Å². The highest BCUT2D eigenvalue weighted by molar-refractivity contribution is 5.65. The Hall–Kier alpha value is -2.10. The summed E-state index contributed by atoms with van der Waals surface area (Å²) >= 11 is 0. The van der Waals surface area contributed by atoms with E-state index in [1.165, 1.54) is 0 Å². The Labute approximate surface area is 100 Å². The highest BCUT2D eigenvalue weighted by Gasteiger charge is 2.32. The van der Waals surface area contributed by atoms with Gasteiger partial charge >= 0.3 is 12.3 Å². The lowest BCUT2D eigenvalue weighted by Crippen LogP contribution is -2.42. The van der Waals surface area contributed by atoms with Crippen LogP contribution in [-0.2, 0) is 14.3 Å². The Morgan fingerprint density at radius 2 is 2.00 bits per heavy atom. The van der Waals surface area contributed by atoms with E-state index in [0.717, 1.165) is 7.11 Å². The number of carboxylic acid groups (broad SMARTS) is 2. The lowest BCUT2D eigenvalue weighted by molar-refractivity contribution is -0.0644. The smallest absolute Gasteiger partial charge is 0.450 e. The normalized spacial score (nSPS) is 15.7. The van der Waals surface area contributed by atoms with Crippen LogP contribution in [0.3, 0.4) is 0 Å². The molecule has 0 unspecified atom stereocenters. The van der Waals surface area contributed by atoms with Crippen molar-refractivity contribution in [3.63, 3.8) is 0 Å². The number of carbonyl (C=O) groups is 2. The van der Waals surface area contributed by atoms with Gasteiger partial charge in [-0.25, -0.2) is 14.0 Å². The van der Waals surface area contributed by atoms with Gasteiger partial charge in [0.25, 0.3) is 0 Å². The Balaban J connectivity index is 4.59. The van der Waals surface area contributed by atoms with Gasteiger partial charge in [-0.15, -0.1) is 0 Å². The number of halogens is 1. The highest BCUT2D eigenvalue weighted by Crippen LogP contribution is 2.09.